The van der Waals surface area contributed by atoms with Gasteiger partial charge in [0, 0.05) is 24.0 Å². The number of carbonyl (C=O) groups is 5. The van der Waals surface area contributed by atoms with E-state index in [1.165, 1.54) is 55.6 Å². The first-order valence-corrected chi connectivity index (χ1v) is 12.1. The van der Waals surface area contributed by atoms with Gasteiger partial charge in [-0.3, -0.25) is 19.2 Å². The highest BCUT2D eigenvalue weighted by molar-refractivity contribution is 6.42. The van der Waals surface area contributed by atoms with Crippen molar-refractivity contribution in [2.75, 3.05) is 13.7 Å². The summed E-state index contributed by atoms with van der Waals surface area (Å²) in [5.41, 5.74) is 0.484. The number of rotatable bonds is 8. The zero-order valence-corrected chi connectivity index (χ0v) is 21.5. The van der Waals surface area contributed by atoms with Crippen molar-refractivity contribution < 1.29 is 33.4 Å². The lowest BCUT2D eigenvalue weighted by Crippen LogP contribution is -2.51. The Hall–Kier alpha value is -4.21. The molecule has 0 unspecified atom stereocenters. The molecule has 3 amide bonds. The molecule has 1 heterocycles. The van der Waals surface area contributed by atoms with E-state index in [4.69, 9.17) is 32.7 Å². The van der Waals surface area contributed by atoms with Crippen LogP contribution in [0.5, 0.6) is 11.5 Å². The quantitative estimate of drug-likeness (QED) is 0.173. The van der Waals surface area contributed by atoms with Crippen LogP contribution in [0.15, 0.2) is 66.7 Å². The van der Waals surface area contributed by atoms with Crippen molar-refractivity contribution in [2.45, 2.75) is 12.8 Å². The Labute approximate surface area is 227 Å². The molecule has 3 aromatic carbocycles. The van der Waals surface area contributed by atoms with Gasteiger partial charge >= 0.3 is 5.97 Å². The highest BCUT2D eigenvalue weighted by atomic mass is 35.5. The van der Waals surface area contributed by atoms with Gasteiger partial charge < -0.3 is 9.47 Å². The first kappa shape index (κ1) is 26.8. The fraction of sp³-hybridized carbons (Fsp3) is 0.148. The van der Waals surface area contributed by atoms with E-state index >= 15 is 0 Å². The molecule has 3 aromatic rings. The monoisotopic (exact) mass is 554 g/mol. The number of hydrogen-bond acceptors (Lipinski definition) is 7. The van der Waals surface area contributed by atoms with Gasteiger partial charge in [-0.15, -0.1) is 0 Å². The van der Waals surface area contributed by atoms with E-state index in [0.717, 1.165) is 5.01 Å². The fourth-order valence-electron chi connectivity index (χ4n) is 3.70. The molecule has 0 spiro atoms. The molecule has 11 heteroatoms. The summed E-state index contributed by atoms with van der Waals surface area (Å²) in [7, 11) is 1.48. The second-order valence-corrected chi connectivity index (χ2v) is 8.97. The van der Waals surface area contributed by atoms with Gasteiger partial charge in [0.25, 0.3) is 5.91 Å². The zero-order chi connectivity index (χ0) is 27.4. The van der Waals surface area contributed by atoms with Gasteiger partial charge in [0.15, 0.2) is 5.78 Å². The van der Waals surface area contributed by atoms with Crippen molar-refractivity contribution in [1.29, 1.82) is 0 Å². The van der Waals surface area contributed by atoms with E-state index in [0.29, 0.717) is 10.8 Å². The van der Waals surface area contributed by atoms with Gasteiger partial charge in [-0.25, -0.2) is 9.80 Å². The van der Waals surface area contributed by atoms with E-state index in [-0.39, 0.29) is 45.3 Å². The molecule has 1 saturated heterocycles. The van der Waals surface area contributed by atoms with Crippen molar-refractivity contribution in [2.24, 2.45) is 0 Å². The van der Waals surface area contributed by atoms with Crippen molar-refractivity contribution >= 4 is 52.7 Å². The SMILES string of the molecule is COc1cccc(C(=O)Oc2ccc(C(=O)CN(C(=O)c3ccc(Cl)c(Cl)c3)N3C(=O)CCC3=O)cc2)c1. The number of hydrogen-bond donors (Lipinski definition) is 0. The molecule has 0 bridgehead atoms. The molecule has 4 rings (SSSR count). The number of ketones is 1. The minimum absolute atomic E-state index is 0.0412. The Kier molecular flexibility index (Phi) is 8.09. The lowest BCUT2D eigenvalue weighted by Gasteiger charge is -2.29. The smallest absolute Gasteiger partial charge is 0.343 e. The van der Waals surface area contributed by atoms with Gasteiger partial charge in [-0.05, 0) is 60.7 Å². The Bertz CT molecular complexity index is 1420. The second-order valence-electron chi connectivity index (χ2n) is 8.16. The topological polar surface area (TPSA) is 110 Å². The number of Topliss-reactive ketones (excluding diaryl/α,β-unsaturated/α-hetero) is 1. The molecule has 1 fully saturated rings. The van der Waals surface area contributed by atoms with Crippen molar-refractivity contribution in [3.05, 3.63) is 93.5 Å². The number of esters is 1. The Morgan fingerprint density at radius 1 is 0.816 bits per heavy atom. The Balaban J connectivity index is 1.52. The lowest BCUT2D eigenvalue weighted by molar-refractivity contribution is -0.152. The zero-order valence-electron chi connectivity index (χ0n) is 20.0. The van der Waals surface area contributed by atoms with Crippen LogP contribution in [-0.2, 0) is 9.59 Å². The highest BCUT2D eigenvalue weighted by Gasteiger charge is 2.38. The first-order valence-electron chi connectivity index (χ1n) is 11.3. The normalized spacial score (nSPS) is 12.9. The maximum atomic E-state index is 13.3. The number of amides is 3. The predicted octanol–water partition coefficient (Wildman–Crippen LogP) is 4.61. The molecule has 9 nitrogen and oxygen atoms in total. The van der Waals surface area contributed by atoms with E-state index < -0.39 is 36.0 Å². The molecular formula is C27H20Cl2N2O7. The van der Waals surface area contributed by atoms with Crippen molar-refractivity contribution in [1.82, 2.24) is 10.0 Å². The molecule has 194 valence electrons. The molecule has 0 aromatic heterocycles. The number of imide groups is 1. The second kappa shape index (κ2) is 11.5. The van der Waals surface area contributed by atoms with Crippen molar-refractivity contribution in [3.8, 4) is 11.5 Å². The van der Waals surface area contributed by atoms with Crippen LogP contribution in [0.25, 0.3) is 0 Å². The molecule has 0 atom stereocenters. The minimum atomic E-state index is -0.774. The maximum Gasteiger partial charge on any atom is 0.343 e. The molecule has 0 aliphatic carbocycles. The average Bonchev–Trinajstić information content (AvgIpc) is 3.26. The third kappa shape index (κ3) is 5.85. The summed E-state index contributed by atoms with van der Waals surface area (Å²) in [5, 5.41) is 1.80. The van der Waals surface area contributed by atoms with Crippen LogP contribution >= 0.6 is 23.2 Å². The van der Waals surface area contributed by atoms with Crippen LogP contribution in [0.2, 0.25) is 10.0 Å². The molecule has 0 radical (unpaired) electrons. The van der Waals surface area contributed by atoms with Crippen molar-refractivity contribution in [3.63, 3.8) is 0 Å². The summed E-state index contributed by atoms with van der Waals surface area (Å²) >= 11 is 12.0. The van der Waals surface area contributed by atoms with Crippen LogP contribution in [0.1, 0.15) is 43.9 Å². The summed E-state index contributed by atoms with van der Waals surface area (Å²) in [6.07, 6.45) is -0.156. The summed E-state index contributed by atoms with van der Waals surface area (Å²) < 4.78 is 10.5. The van der Waals surface area contributed by atoms with Crippen LogP contribution in [0.3, 0.4) is 0 Å². The molecule has 38 heavy (non-hydrogen) atoms. The number of carbonyl (C=O) groups excluding carboxylic acids is 5. The molecule has 1 aliphatic heterocycles. The number of methoxy groups -OCH3 is 1. The minimum Gasteiger partial charge on any atom is -0.497 e. The maximum absolute atomic E-state index is 13.3. The summed E-state index contributed by atoms with van der Waals surface area (Å²) in [6.45, 7) is -0.598. The summed E-state index contributed by atoms with van der Waals surface area (Å²) in [5.74, 6) is -2.47. The van der Waals surface area contributed by atoms with Crippen LogP contribution in [-0.4, -0.2) is 53.1 Å². The lowest BCUT2D eigenvalue weighted by atomic mass is 10.1. The van der Waals surface area contributed by atoms with Crippen LogP contribution in [0, 0.1) is 0 Å². The number of halogens is 2. The third-order valence-corrected chi connectivity index (χ3v) is 6.39. The van der Waals surface area contributed by atoms with Gasteiger partial charge in [0.2, 0.25) is 11.8 Å². The number of benzene rings is 3. The van der Waals surface area contributed by atoms with Crippen LogP contribution < -0.4 is 9.47 Å². The molecule has 0 saturated carbocycles. The Morgan fingerprint density at radius 3 is 2.11 bits per heavy atom. The van der Waals surface area contributed by atoms with E-state index in [1.54, 1.807) is 18.2 Å². The van der Waals surface area contributed by atoms with Gasteiger partial charge in [0.05, 0.1) is 22.7 Å². The summed E-state index contributed by atoms with van der Waals surface area (Å²) in [6, 6.07) is 16.2. The van der Waals surface area contributed by atoms with Crippen LogP contribution in [0.4, 0.5) is 0 Å². The average molecular weight is 555 g/mol. The van der Waals surface area contributed by atoms with Gasteiger partial charge in [-0.1, -0.05) is 29.3 Å². The first-order chi connectivity index (χ1) is 18.2. The fourth-order valence-corrected chi connectivity index (χ4v) is 4.00. The Morgan fingerprint density at radius 2 is 1.47 bits per heavy atom. The molecular weight excluding hydrogens is 535 g/mol. The number of hydrazine groups is 1. The van der Waals surface area contributed by atoms with E-state index in [1.807, 2.05) is 0 Å². The highest BCUT2D eigenvalue weighted by Crippen LogP contribution is 2.25. The third-order valence-electron chi connectivity index (χ3n) is 5.65. The number of nitrogens with zero attached hydrogens (tertiary/aromatic N) is 2. The predicted molar refractivity (Wildman–Crippen MR) is 137 cm³/mol. The van der Waals surface area contributed by atoms with E-state index in [2.05, 4.69) is 0 Å². The van der Waals surface area contributed by atoms with Gasteiger partial charge in [0.1, 0.15) is 18.0 Å². The molecule has 0 N–H and O–H groups in total. The van der Waals surface area contributed by atoms with Gasteiger partial charge in [-0.2, -0.15) is 5.01 Å². The number of ether oxygens (including phenoxy) is 2. The molecule has 1 aliphatic rings. The largest absolute Gasteiger partial charge is 0.497 e. The van der Waals surface area contributed by atoms with E-state index in [9.17, 15) is 24.0 Å². The standard InChI is InChI=1S/C27H20Cl2N2O7/c1-37-20-4-2-3-18(13-20)27(36)38-19-8-5-16(6-9-19)23(32)15-30(31-24(33)11-12-25(31)34)26(35)17-7-10-21(28)22(29)14-17/h2-10,13-14H,11-12,15H2,1H3. The summed E-state index contributed by atoms with van der Waals surface area (Å²) in [4.78, 5) is 63.6.